The number of carbonyl (C=O) groups excluding carboxylic acids is 1. The summed E-state index contributed by atoms with van der Waals surface area (Å²) in [5.41, 5.74) is 1.07. The Balaban J connectivity index is 2.31. The highest BCUT2D eigenvalue weighted by atomic mass is 35.5. The number of rotatable bonds is 7. The zero-order chi connectivity index (χ0) is 13.4. The number of nitrogens with one attached hydrogen (secondary N) is 2. The third-order valence-corrected chi connectivity index (χ3v) is 2.74. The van der Waals surface area contributed by atoms with Crippen LogP contribution in [0.3, 0.4) is 0 Å². The van der Waals surface area contributed by atoms with Gasteiger partial charge < -0.3 is 15.4 Å². The zero-order valence-electron chi connectivity index (χ0n) is 10.8. The molecule has 1 rings (SSSR count). The number of carbonyl (C=O) groups is 1. The number of hydrogen-bond donors (Lipinski definition) is 2. The summed E-state index contributed by atoms with van der Waals surface area (Å²) in [4.78, 5) is 11.2. The molecule has 1 aromatic rings. The average Bonchev–Trinajstić information content (AvgIpc) is 2.35. The predicted octanol–water partition coefficient (Wildman–Crippen LogP) is 1.96. The van der Waals surface area contributed by atoms with Gasteiger partial charge in [-0.2, -0.15) is 0 Å². The maximum absolute atomic E-state index is 11.2. The standard InChI is InChI=1S/C13H19ClN2O2/c1-3-16-13(17)6-7-15-9-10-4-5-12(18-2)11(14)8-10/h4-5,8,15H,3,6-7,9H2,1-2H3,(H,16,17). The van der Waals surface area contributed by atoms with E-state index in [1.165, 1.54) is 0 Å². The van der Waals surface area contributed by atoms with Crippen LogP contribution in [0.25, 0.3) is 0 Å². The van der Waals surface area contributed by atoms with E-state index in [4.69, 9.17) is 16.3 Å². The van der Waals surface area contributed by atoms with Gasteiger partial charge in [0.25, 0.3) is 0 Å². The minimum Gasteiger partial charge on any atom is -0.495 e. The van der Waals surface area contributed by atoms with Crippen LogP contribution in [0.5, 0.6) is 5.75 Å². The molecule has 2 N–H and O–H groups in total. The summed E-state index contributed by atoms with van der Waals surface area (Å²) in [6, 6.07) is 5.65. The van der Waals surface area contributed by atoms with Crippen LogP contribution in [0.15, 0.2) is 18.2 Å². The summed E-state index contributed by atoms with van der Waals surface area (Å²) in [7, 11) is 1.59. The van der Waals surface area contributed by atoms with Crippen molar-refractivity contribution in [2.75, 3.05) is 20.2 Å². The van der Waals surface area contributed by atoms with E-state index in [-0.39, 0.29) is 5.91 Å². The van der Waals surface area contributed by atoms with Gasteiger partial charge in [-0.3, -0.25) is 4.79 Å². The lowest BCUT2D eigenvalue weighted by atomic mass is 10.2. The second-order valence-electron chi connectivity index (χ2n) is 3.85. The SMILES string of the molecule is CCNC(=O)CCNCc1ccc(OC)c(Cl)c1. The maximum atomic E-state index is 11.2. The van der Waals surface area contributed by atoms with Gasteiger partial charge in [0.2, 0.25) is 5.91 Å². The fourth-order valence-electron chi connectivity index (χ4n) is 1.54. The second kappa shape index (κ2) is 7.95. The van der Waals surface area contributed by atoms with Crippen LogP contribution in [0.4, 0.5) is 0 Å². The third-order valence-electron chi connectivity index (χ3n) is 2.45. The fourth-order valence-corrected chi connectivity index (χ4v) is 1.82. The molecule has 0 spiro atoms. The zero-order valence-corrected chi connectivity index (χ0v) is 11.5. The van der Waals surface area contributed by atoms with E-state index in [1.807, 2.05) is 25.1 Å². The molecule has 0 heterocycles. The van der Waals surface area contributed by atoms with E-state index in [1.54, 1.807) is 7.11 Å². The first-order chi connectivity index (χ1) is 8.67. The number of benzene rings is 1. The van der Waals surface area contributed by atoms with Crippen molar-refractivity contribution in [1.29, 1.82) is 0 Å². The van der Waals surface area contributed by atoms with E-state index in [2.05, 4.69) is 10.6 Å². The van der Waals surface area contributed by atoms with Crippen LogP contribution in [0.1, 0.15) is 18.9 Å². The molecular formula is C13H19ClN2O2. The topological polar surface area (TPSA) is 50.4 Å². The van der Waals surface area contributed by atoms with Crippen LogP contribution < -0.4 is 15.4 Å². The van der Waals surface area contributed by atoms with Gasteiger partial charge in [-0.05, 0) is 24.6 Å². The van der Waals surface area contributed by atoms with Crippen molar-refractivity contribution < 1.29 is 9.53 Å². The largest absolute Gasteiger partial charge is 0.495 e. The Labute approximate surface area is 113 Å². The highest BCUT2D eigenvalue weighted by molar-refractivity contribution is 6.32. The Kier molecular flexibility index (Phi) is 6.54. The van der Waals surface area contributed by atoms with E-state index in [0.29, 0.717) is 36.8 Å². The summed E-state index contributed by atoms with van der Waals surface area (Å²) >= 11 is 6.02. The van der Waals surface area contributed by atoms with Gasteiger partial charge in [0, 0.05) is 26.1 Å². The van der Waals surface area contributed by atoms with Gasteiger partial charge in [0.1, 0.15) is 5.75 Å². The van der Waals surface area contributed by atoms with Gasteiger partial charge in [-0.1, -0.05) is 17.7 Å². The van der Waals surface area contributed by atoms with Crippen molar-refractivity contribution in [2.24, 2.45) is 0 Å². The molecule has 5 heteroatoms. The Morgan fingerprint density at radius 1 is 1.44 bits per heavy atom. The summed E-state index contributed by atoms with van der Waals surface area (Å²) in [6.45, 7) is 3.91. The molecule has 1 aromatic carbocycles. The first-order valence-corrected chi connectivity index (χ1v) is 6.35. The molecule has 0 aliphatic carbocycles. The molecule has 0 atom stereocenters. The molecule has 1 amide bonds. The minimum absolute atomic E-state index is 0.0674. The summed E-state index contributed by atoms with van der Waals surface area (Å²) in [6.07, 6.45) is 0.484. The molecule has 0 unspecified atom stereocenters. The van der Waals surface area contributed by atoms with Crippen molar-refractivity contribution in [3.05, 3.63) is 28.8 Å². The molecular weight excluding hydrogens is 252 g/mol. The number of amides is 1. The Morgan fingerprint density at radius 2 is 2.22 bits per heavy atom. The van der Waals surface area contributed by atoms with Crippen LogP contribution in [0, 0.1) is 0 Å². The smallest absolute Gasteiger partial charge is 0.221 e. The summed E-state index contributed by atoms with van der Waals surface area (Å²) in [5.74, 6) is 0.737. The molecule has 18 heavy (non-hydrogen) atoms. The first-order valence-electron chi connectivity index (χ1n) is 5.97. The first kappa shape index (κ1) is 14.8. The number of halogens is 1. The Hall–Kier alpha value is -1.26. The fraction of sp³-hybridized carbons (Fsp3) is 0.462. The summed E-state index contributed by atoms with van der Waals surface area (Å²) < 4.78 is 5.08. The Morgan fingerprint density at radius 3 is 2.83 bits per heavy atom. The van der Waals surface area contributed by atoms with Gasteiger partial charge in [-0.25, -0.2) is 0 Å². The number of hydrogen-bond acceptors (Lipinski definition) is 3. The maximum Gasteiger partial charge on any atom is 0.221 e. The lowest BCUT2D eigenvalue weighted by Gasteiger charge is -2.07. The molecule has 0 saturated carbocycles. The van der Waals surface area contributed by atoms with Crippen molar-refractivity contribution in [3.63, 3.8) is 0 Å². The van der Waals surface area contributed by atoms with Crippen LogP contribution >= 0.6 is 11.6 Å². The third kappa shape index (κ3) is 4.94. The lowest BCUT2D eigenvalue weighted by Crippen LogP contribution is -2.27. The van der Waals surface area contributed by atoms with E-state index in [0.717, 1.165) is 5.56 Å². The van der Waals surface area contributed by atoms with Crippen LogP contribution in [0.2, 0.25) is 5.02 Å². The van der Waals surface area contributed by atoms with Crippen molar-refractivity contribution in [3.8, 4) is 5.75 Å². The molecule has 0 aromatic heterocycles. The second-order valence-corrected chi connectivity index (χ2v) is 4.26. The predicted molar refractivity (Wildman–Crippen MR) is 73.0 cm³/mol. The highest BCUT2D eigenvalue weighted by Gasteiger charge is 2.02. The van der Waals surface area contributed by atoms with E-state index < -0.39 is 0 Å². The molecule has 0 radical (unpaired) electrons. The molecule has 100 valence electrons. The van der Waals surface area contributed by atoms with Crippen LogP contribution in [-0.4, -0.2) is 26.1 Å². The van der Waals surface area contributed by atoms with Crippen molar-refractivity contribution in [1.82, 2.24) is 10.6 Å². The summed E-state index contributed by atoms with van der Waals surface area (Å²) in [5, 5.41) is 6.54. The minimum atomic E-state index is 0.0674. The number of methoxy groups -OCH3 is 1. The highest BCUT2D eigenvalue weighted by Crippen LogP contribution is 2.24. The van der Waals surface area contributed by atoms with Crippen LogP contribution in [-0.2, 0) is 11.3 Å². The normalized spacial score (nSPS) is 10.2. The lowest BCUT2D eigenvalue weighted by molar-refractivity contribution is -0.120. The quantitative estimate of drug-likeness (QED) is 0.745. The molecule has 0 saturated heterocycles. The molecule has 0 bridgehead atoms. The van der Waals surface area contributed by atoms with Crippen molar-refractivity contribution in [2.45, 2.75) is 19.9 Å². The van der Waals surface area contributed by atoms with Gasteiger partial charge in [0.15, 0.2) is 0 Å². The van der Waals surface area contributed by atoms with Crippen molar-refractivity contribution >= 4 is 17.5 Å². The van der Waals surface area contributed by atoms with Gasteiger partial charge in [0.05, 0.1) is 12.1 Å². The Bertz CT molecular complexity index is 397. The molecule has 4 nitrogen and oxygen atoms in total. The molecule has 0 aliphatic rings. The monoisotopic (exact) mass is 270 g/mol. The average molecular weight is 271 g/mol. The number of ether oxygens (including phenoxy) is 1. The molecule has 0 aliphatic heterocycles. The van der Waals surface area contributed by atoms with Gasteiger partial charge >= 0.3 is 0 Å². The van der Waals surface area contributed by atoms with E-state index >= 15 is 0 Å². The molecule has 0 fully saturated rings. The van der Waals surface area contributed by atoms with E-state index in [9.17, 15) is 4.79 Å². The van der Waals surface area contributed by atoms with Gasteiger partial charge in [-0.15, -0.1) is 0 Å².